The summed E-state index contributed by atoms with van der Waals surface area (Å²) in [6.07, 6.45) is 6.91. The second-order valence-corrected chi connectivity index (χ2v) is 5.02. The molecular weight excluding hydrogens is 218 g/mol. The zero-order valence-corrected chi connectivity index (χ0v) is 10.4. The molecule has 3 rings (SSSR count). The van der Waals surface area contributed by atoms with E-state index in [2.05, 4.69) is 35.6 Å². The highest BCUT2D eigenvalue weighted by atomic mass is 35.5. The fourth-order valence-corrected chi connectivity index (χ4v) is 3.07. The van der Waals surface area contributed by atoms with Gasteiger partial charge in [-0.25, -0.2) is 0 Å². The summed E-state index contributed by atoms with van der Waals surface area (Å²) in [4.78, 5) is 0. The third-order valence-corrected chi connectivity index (χ3v) is 4.11. The molecule has 16 heavy (non-hydrogen) atoms. The molecule has 2 fully saturated rings. The van der Waals surface area contributed by atoms with Crippen LogP contribution >= 0.6 is 12.4 Å². The Kier molecular flexibility index (Phi) is 3.56. The van der Waals surface area contributed by atoms with Crippen LogP contribution in [0.2, 0.25) is 0 Å². The Bertz CT molecular complexity index is 326. The van der Waals surface area contributed by atoms with Crippen LogP contribution in [0.4, 0.5) is 0 Å². The van der Waals surface area contributed by atoms with Crippen LogP contribution in [0.15, 0.2) is 30.3 Å². The Hall–Kier alpha value is -0.530. The molecule has 2 aliphatic rings. The number of piperidine rings is 1. The van der Waals surface area contributed by atoms with Gasteiger partial charge >= 0.3 is 0 Å². The van der Waals surface area contributed by atoms with E-state index in [0.717, 1.165) is 6.04 Å². The van der Waals surface area contributed by atoms with Crippen molar-refractivity contribution in [2.45, 2.75) is 43.6 Å². The number of hydrogen-bond acceptors (Lipinski definition) is 1. The van der Waals surface area contributed by atoms with Gasteiger partial charge in [-0.1, -0.05) is 36.8 Å². The van der Waals surface area contributed by atoms with Gasteiger partial charge in [0.25, 0.3) is 0 Å². The van der Waals surface area contributed by atoms with Gasteiger partial charge < -0.3 is 5.32 Å². The largest absolute Gasteiger partial charge is 0.313 e. The molecule has 1 atom stereocenters. The average molecular weight is 238 g/mol. The summed E-state index contributed by atoms with van der Waals surface area (Å²) < 4.78 is 0. The quantitative estimate of drug-likeness (QED) is 0.833. The first-order valence-corrected chi connectivity index (χ1v) is 6.21. The van der Waals surface area contributed by atoms with Crippen molar-refractivity contribution in [1.82, 2.24) is 5.32 Å². The zero-order valence-electron chi connectivity index (χ0n) is 9.61. The van der Waals surface area contributed by atoms with Crippen LogP contribution in [0.5, 0.6) is 0 Å². The summed E-state index contributed by atoms with van der Waals surface area (Å²) in [6.45, 7) is 1.22. The molecule has 0 radical (unpaired) electrons. The Morgan fingerprint density at radius 1 is 1.06 bits per heavy atom. The van der Waals surface area contributed by atoms with Crippen molar-refractivity contribution >= 4 is 12.4 Å². The van der Waals surface area contributed by atoms with E-state index in [0.29, 0.717) is 5.41 Å². The molecule has 1 aromatic rings. The van der Waals surface area contributed by atoms with Crippen molar-refractivity contribution in [2.24, 2.45) is 0 Å². The summed E-state index contributed by atoms with van der Waals surface area (Å²) in [7, 11) is 0. The maximum Gasteiger partial charge on any atom is 0.0164 e. The first-order valence-electron chi connectivity index (χ1n) is 6.21. The number of hydrogen-bond donors (Lipinski definition) is 1. The molecule has 1 nitrogen and oxygen atoms in total. The van der Waals surface area contributed by atoms with Crippen LogP contribution < -0.4 is 5.32 Å². The van der Waals surface area contributed by atoms with Crippen LogP contribution in [0.1, 0.15) is 37.7 Å². The molecule has 1 aromatic carbocycles. The van der Waals surface area contributed by atoms with E-state index >= 15 is 0 Å². The van der Waals surface area contributed by atoms with Crippen LogP contribution in [-0.2, 0) is 5.41 Å². The molecule has 0 amide bonds. The monoisotopic (exact) mass is 237 g/mol. The Labute approximate surface area is 104 Å². The predicted molar refractivity (Wildman–Crippen MR) is 70.2 cm³/mol. The number of halogens is 1. The summed E-state index contributed by atoms with van der Waals surface area (Å²) in [5.41, 5.74) is 2.06. The summed E-state index contributed by atoms with van der Waals surface area (Å²) in [5.74, 6) is 0. The average Bonchev–Trinajstić information content (AvgIpc) is 3.13. The van der Waals surface area contributed by atoms with Gasteiger partial charge in [0.1, 0.15) is 0 Å². The fourth-order valence-electron chi connectivity index (χ4n) is 3.07. The first-order chi connectivity index (χ1) is 7.42. The van der Waals surface area contributed by atoms with Gasteiger partial charge in [0.15, 0.2) is 0 Å². The number of benzene rings is 1. The lowest BCUT2D eigenvalue weighted by molar-refractivity contribution is 0.336. The van der Waals surface area contributed by atoms with E-state index in [-0.39, 0.29) is 12.4 Å². The SMILES string of the molecule is Cl.c1ccc(C2(C3CCCCN3)CC2)cc1. The van der Waals surface area contributed by atoms with Crippen molar-refractivity contribution in [3.05, 3.63) is 35.9 Å². The number of rotatable bonds is 2. The molecule has 88 valence electrons. The normalized spacial score (nSPS) is 26.9. The van der Waals surface area contributed by atoms with Gasteiger partial charge in [0, 0.05) is 11.5 Å². The molecule has 0 aromatic heterocycles. The van der Waals surface area contributed by atoms with Crippen LogP contribution in [-0.4, -0.2) is 12.6 Å². The molecule has 1 saturated carbocycles. The highest BCUT2D eigenvalue weighted by Gasteiger charge is 2.50. The third-order valence-electron chi connectivity index (χ3n) is 4.11. The van der Waals surface area contributed by atoms with Crippen molar-refractivity contribution in [3.8, 4) is 0 Å². The van der Waals surface area contributed by atoms with Crippen LogP contribution in [0.3, 0.4) is 0 Å². The van der Waals surface area contributed by atoms with Crippen molar-refractivity contribution in [2.75, 3.05) is 6.54 Å². The molecule has 0 spiro atoms. The lowest BCUT2D eigenvalue weighted by Gasteiger charge is -2.32. The lowest BCUT2D eigenvalue weighted by Crippen LogP contribution is -2.43. The van der Waals surface area contributed by atoms with E-state index < -0.39 is 0 Å². The minimum atomic E-state index is 0. The first kappa shape index (κ1) is 11.9. The molecule has 0 bridgehead atoms. The van der Waals surface area contributed by atoms with E-state index in [1.165, 1.54) is 38.6 Å². The lowest BCUT2D eigenvalue weighted by atomic mass is 9.83. The van der Waals surface area contributed by atoms with Crippen molar-refractivity contribution in [1.29, 1.82) is 0 Å². The van der Waals surface area contributed by atoms with Gasteiger partial charge in [0.05, 0.1) is 0 Å². The number of nitrogens with one attached hydrogen (secondary N) is 1. The molecule has 2 heteroatoms. The molecule has 1 unspecified atom stereocenters. The van der Waals surface area contributed by atoms with E-state index in [1.807, 2.05) is 0 Å². The summed E-state index contributed by atoms with van der Waals surface area (Å²) in [6, 6.07) is 11.8. The second-order valence-electron chi connectivity index (χ2n) is 5.02. The van der Waals surface area contributed by atoms with Gasteiger partial charge in [-0.15, -0.1) is 12.4 Å². The minimum Gasteiger partial charge on any atom is -0.313 e. The summed E-state index contributed by atoms with van der Waals surface area (Å²) >= 11 is 0. The van der Waals surface area contributed by atoms with Gasteiger partial charge in [-0.3, -0.25) is 0 Å². The smallest absolute Gasteiger partial charge is 0.0164 e. The maximum atomic E-state index is 3.72. The Balaban J connectivity index is 0.000000963. The Morgan fingerprint density at radius 2 is 1.81 bits per heavy atom. The zero-order chi connectivity index (χ0) is 10.1. The van der Waals surface area contributed by atoms with Gasteiger partial charge in [-0.2, -0.15) is 0 Å². The van der Waals surface area contributed by atoms with Crippen LogP contribution in [0.25, 0.3) is 0 Å². The minimum absolute atomic E-state index is 0. The van der Waals surface area contributed by atoms with Crippen molar-refractivity contribution < 1.29 is 0 Å². The van der Waals surface area contributed by atoms with E-state index in [4.69, 9.17) is 0 Å². The van der Waals surface area contributed by atoms with Gasteiger partial charge in [-0.05, 0) is 37.8 Å². The third kappa shape index (κ3) is 1.99. The van der Waals surface area contributed by atoms with E-state index in [1.54, 1.807) is 5.56 Å². The Morgan fingerprint density at radius 3 is 2.38 bits per heavy atom. The molecule has 1 heterocycles. The second kappa shape index (κ2) is 4.77. The molecular formula is C14H20ClN. The standard InChI is InChI=1S/C14H19N.ClH/c1-2-6-12(7-3-1)14(9-10-14)13-8-4-5-11-15-13;/h1-3,6-7,13,15H,4-5,8-11H2;1H. The predicted octanol–water partition coefficient (Wildman–Crippen LogP) is 3.28. The van der Waals surface area contributed by atoms with Crippen molar-refractivity contribution in [3.63, 3.8) is 0 Å². The molecule has 1 N–H and O–H groups in total. The molecule has 1 aliphatic heterocycles. The van der Waals surface area contributed by atoms with Gasteiger partial charge in [0.2, 0.25) is 0 Å². The van der Waals surface area contributed by atoms with Crippen LogP contribution in [0, 0.1) is 0 Å². The topological polar surface area (TPSA) is 12.0 Å². The summed E-state index contributed by atoms with van der Waals surface area (Å²) in [5, 5.41) is 3.72. The molecule has 1 saturated heterocycles. The maximum absolute atomic E-state index is 3.72. The highest BCUT2D eigenvalue weighted by Crippen LogP contribution is 2.52. The fraction of sp³-hybridized carbons (Fsp3) is 0.571. The van der Waals surface area contributed by atoms with E-state index in [9.17, 15) is 0 Å². The highest BCUT2D eigenvalue weighted by molar-refractivity contribution is 5.85. The molecule has 1 aliphatic carbocycles.